The lowest BCUT2D eigenvalue weighted by Crippen LogP contribution is -2.35. The average Bonchev–Trinajstić information content (AvgIpc) is 2.41. The Morgan fingerprint density at radius 1 is 1.35 bits per heavy atom. The molecule has 5 nitrogen and oxygen atoms in total. The van der Waals surface area contributed by atoms with Crippen molar-refractivity contribution in [3.8, 4) is 0 Å². The number of sulfonamides is 1. The lowest BCUT2D eigenvalue weighted by molar-refractivity contribution is -0.120. The number of anilines is 1. The summed E-state index contributed by atoms with van der Waals surface area (Å²) in [4.78, 5) is 11.9. The number of nitrogens with zero attached hydrogens (tertiary/aromatic N) is 1. The van der Waals surface area contributed by atoms with Gasteiger partial charge in [-0.15, -0.1) is 0 Å². The van der Waals surface area contributed by atoms with E-state index in [9.17, 15) is 13.2 Å². The minimum atomic E-state index is -3.49. The first kappa shape index (κ1) is 19.8. The zero-order valence-corrected chi connectivity index (χ0v) is 15.7. The van der Waals surface area contributed by atoms with Crippen LogP contribution in [0.4, 0.5) is 5.69 Å². The molecule has 7 heteroatoms. The van der Waals surface area contributed by atoms with E-state index in [0.717, 1.165) is 12.7 Å². The fourth-order valence-electron chi connectivity index (χ4n) is 2.12. The number of benzene rings is 1. The van der Waals surface area contributed by atoms with Crippen molar-refractivity contribution in [1.29, 1.82) is 0 Å². The second kappa shape index (κ2) is 8.55. The first-order chi connectivity index (χ1) is 10.6. The lowest BCUT2D eigenvalue weighted by Gasteiger charge is -2.24. The Kier molecular flexibility index (Phi) is 7.35. The van der Waals surface area contributed by atoms with Crippen LogP contribution in [0, 0.1) is 12.8 Å². The third kappa shape index (κ3) is 6.39. The highest BCUT2D eigenvalue weighted by Crippen LogP contribution is 2.28. The monoisotopic (exact) mass is 360 g/mol. The van der Waals surface area contributed by atoms with Crippen molar-refractivity contribution in [3.05, 3.63) is 28.8 Å². The van der Waals surface area contributed by atoms with E-state index >= 15 is 0 Å². The van der Waals surface area contributed by atoms with Gasteiger partial charge in [0.05, 0.1) is 11.9 Å². The van der Waals surface area contributed by atoms with Gasteiger partial charge in [0.25, 0.3) is 0 Å². The van der Waals surface area contributed by atoms with Crippen molar-refractivity contribution in [1.82, 2.24) is 5.32 Å². The zero-order valence-electron chi connectivity index (χ0n) is 14.1. The van der Waals surface area contributed by atoms with Gasteiger partial charge in [-0.25, -0.2) is 8.42 Å². The smallest absolute Gasteiger partial charge is 0.232 e. The number of rotatable bonds is 8. The summed E-state index contributed by atoms with van der Waals surface area (Å²) in [7, 11) is -3.49. The van der Waals surface area contributed by atoms with Gasteiger partial charge >= 0.3 is 0 Å². The Labute approximate surface area is 144 Å². The van der Waals surface area contributed by atoms with Gasteiger partial charge in [0, 0.05) is 24.5 Å². The predicted octanol–water partition coefficient (Wildman–Crippen LogP) is 2.97. The number of halogens is 1. The van der Waals surface area contributed by atoms with Crippen LogP contribution in [0.1, 0.15) is 32.3 Å². The molecule has 1 aromatic carbocycles. The third-order valence-electron chi connectivity index (χ3n) is 3.49. The molecule has 1 rings (SSSR count). The van der Waals surface area contributed by atoms with Gasteiger partial charge in [-0.05, 0) is 37.0 Å². The van der Waals surface area contributed by atoms with Crippen LogP contribution in [0.5, 0.6) is 0 Å². The second-order valence-corrected chi connectivity index (χ2v) is 8.32. The average molecular weight is 361 g/mol. The molecule has 0 aliphatic heterocycles. The van der Waals surface area contributed by atoms with E-state index in [0.29, 0.717) is 28.7 Å². The van der Waals surface area contributed by atoms with Crippen molar-refractivity contribution in [2.75, 3.05) is 23.7 Å². The molecule has 0 bridgehead atoms. The molecule has 0 fully saturated rings. The van der Waals surface area contributed by atoms with E-state index in [2.05, 4.69) is 19.2 Å². The van der Waals surface area contributed by atoms with Gasteiger partial charge in [0.2, 0.25) is 15.9 Å². The lowest BCUT2D eigenvalue weighted by atomic mass is 10.1. The molecule has 1 aromatic rings. The van der Waals surface area contributed by atoms with Crippen LogP contribution in [-0.2, 0) is 14.8 Å². The summed E-state index contributed by atoms with van der Waals surface area (Å²) in [5, 5.41) is 3.31. The summed E-state index contributed by atoms with van der Waals surface area (Å²) in [5.74, 6) is 0.357. The maximum atomic E-state index is 12.1. The molecule has 0 heterocycles. The molecular formula is C16H25ClN2O3S. The number of amides is 1. The Hall–Kier alpha value is -1.27. The van der Waals surface area contributed by atoms with Gasteiger partial charge in [-0.2, -0.15) is 0 Å². The fraction of sp³-hybridized carbons (Fsp3) is 0.562. The Bertz CT molecular complexity index is 645. The molecule has 1 amide bonds. The van der Waals surface area contributed by atoms with Crippen LogP contribution in [0.2, 0.25) is 5.02 Å². The Balaban J connectivity index is 2.78. The highest BCUT2D eigenvalue weighted by Gasteiger charge is 2.21. The first-order valence-corrected chi connectivity index (χ1v) is 9.85. The normalized spacial score (nSPS) is 11.6. The number of hydrogen-bond acceptors (Lipinski definition) is 3. The first-order valence-electron chi connectivity index (χ1n) is 7.62. The summed E-state index contributed by atoms with van der Waals surface area (Å²) < 4.78 is 25.4. The molecule has 0 spiro atoms. The molecule has 130 valence electrons. The molecule has 0 aliphatic rings. The van der Waals surface area contributed by atoms with E-state index < -0.39 is 10.0 Å². The van der Waals surface area contributed by atoms with Gasteiger partial charge < -0.3 is 5.32 Å². The molecule has 0 unspecified atom stereocenters. The van der Waals surface area contributed by atoms with Crippen LogP contribution < -0.4 is 9.62 Å². The fourth-order valence-corrected chi connectivity index (χ4v) is 3.27. The van der Waals surface area contributed by atoms with Crippen LogP contribution >= 0.6 is 11.6 Å². The molecular weight excluding hydrogens is 336 g/mol. The number of carbonyl (C=O) groups is 1. The SMILES string of the molecule is Cc1c(Cl)cccc1N(CCC(=O)NCCC(C)C)S(C)(=O)=O. The number of nitrogens with one attached hydrogen (secondary N) is 1. The second-order valence-electron chi connectivity index (χ2n) is 6.00. The third-order valence-corrected chi connectivity index (χ3v) is 5.08. The topological polar surface area (TPSA) is 66.5 Å². The van der Waals surface area contributed by atoms with E-state index in [1.54, 1.807) is 25.1 Å². The summed E-state index contributed by atoms with van der Waals surface area (Å²) in [6.45, 7) is 6.62. The van der Waals surface area contributed by atoms with Gasteiger partial charge in [-0.3, -0.25) is 9.10 Å². The number of carbonyl (C=O) groups excluding carboxylic acids is 1. The van der Waals surface area contributed by atoms with E-state index in [4.69, 9.17) is 11.6 Å². The molecule has 1 N–H and O–H groups in total. The Morgan fingerprint density at radius 3 is 2.57 bits per heavy atom. The summed E-state index contributed by atoms with van der Waals surface area (Å²) in [6, 6.07) is 5.10. The van der Waals surface area contributed by atoms with Gasteiger partial charge in [0.1, 0.15) is 0 Å². The summed E-state index contributed by atoms with van der Waals surface area (Å²) >= 11 is 6.07. The molecule has 23 heavy (non-hydrogen) atoms. The highest BCUT2D eigenvalue weighted by atomic mass is 35.5. The minimum absolute atomic E-state index is 0.0908. The van der Waals surface area contributed by atoms with Crippen molar-refractivity contribution < 1.29 is 13.2 Å². The van der Waals surface area contributed by atoms with E-state index in [-0.39, 0.29) is 18.9 Å². The molecule has 0 aliphatic carbocycles. The van der Waals surface area contributed by atoms with Crippen LogP contribution in [0.3, 0.4) is 0 Å². The standard InChI is InChI=1S/C16H25ClN2O3S/c1-12(2)8-10-18-16(20)9-11-19(23(4,21)22)15-7-5-6-14(17)13(15)3/h5-7,12H,8-11H2,1-4H3,(H,18,20). The predicted molar refractivity (Wildman–Crippen MR) is 95.5 cm³/mol. The quantitative estimate of drug-likeness (QED) is 0.775. The van der Waals surface area contributed by atoms with Crippen LogP contribution in [0.25, 0.3) is 0 Å². The van der Waals surface area contributed by atoms with Crippen molar-refractivity contribution >= 4 is 33.2 Å². The van der Waals surface area contributed by atoms with Gasteiger partial charge in [-0.1, -0.05) is 31.5 Å². The van der Waals surface area contributed by atoms with Gasteiger partial charge in [0.15, 0.2) is 0 Å². The molecule has 0 radical (unpaired) electrons. The number of hydrogen-bond donors (Lipinski definition) is 1. The maximum Gasteiger partial charge on any atom is 0.232 e. The maximum absolute atomic E-state index is 12.1. The minimum Gasteiger partial charge on any atom is -0.356 e. The van der Waals surface area contributed by atoms with E-state index in [1.807, 2.05) is 0 Å². The van der Waals surface area contributed by atoms with Crippen molar-refractivity contribution in [2.24, 2.45) is 5.92 Å². The van der Waals surface area contributed by atoms with Crippen LogP contribution in [0.15, 0.2) is 18.2 Å². The molecule has 0 saturated carbocycles. The van der Waals surface area contributed by atoms with Crippen LogP contribution in [-0.4, -0.2) is 33.7 Å². The molecule has 0 saturated heterocycles. The Morgan fingerprint density at radius 2 is 2.00 bits per heavy atom. The van der Waals surface area contributed by atoms with Crippen molar-refractivity contribution in [2.45, 2.75) is 33.6 Å². The largest absolute Gasteiger partial charge is 0.356 e. The summed E-state index contributed by atoms with van der Waals surface area (Å²) in [5.41, 5.74) is 1.19. The van der Waals surface area contributed by atoms with E-state index in [1.165, 1.54) is 4.31 Å². The highest BCUT2D eigenvalue weighted by molar-refractivity contribution is 7.92. The molecule has 0 atom stereocenters. The summed E-state index contributed by atoms with van der Waals surface area (Å²) in [6.07, 6.45) is 2.13. The molecule has 0 aromatic heterocycles. The zero-order chi connectivity index (χ0) is 17.6. The van der Waals surface area contributed by atoms with Crippen molar-refractivity contribution in [3.63, 3.8) is 0 Å².